The first-order valence-electron chi connectivity index (χ1n) is 6.45. The van der Waals surface area contributed by atoms with Crippen LogP contribution in [0.2, 0.25) is 0 Å². The molecule has 0 spiro atoms. The van der Waals surface area contributed by atoms with E-state index in [1.807, 2.05) is 25.8 Å². The Kier molecular flexibility index (Phi) is 3.43. The minimum absolute atomic E-state index is 0.516. The molecule has 1 aliphatic rings. The molecule has 0 atom stereocenters. The molecule has 1 aliphatic carbocycles. The SMILES string of the molecule is Cc1nc(N)c(C)c(N(C)CC2(O)CCCC2)n1. The summed E-state index contributed by atoms with van der Waals surface area (Å²) < 4.78 is 0. The van der Waals surface area contributed by atoms with Gasteiger partial charge >= 0.3 is 0 Å². The van der Waals surface area contributed by atoms with Gasteiger partial charge in [-0.05, 0) is 26.7 Å². The second-order valence-electron chi connectivity index (χ2n) is 5.39. The maximum absolute atomic E-state index is 10.4. The largest absolute Gasteiger partial charge is 0.388 e. The standard InChI is InChI=1S/C13H22N4O/c1-9-11(14)15-10(2)16-12(9)17(3)8-13(18)6-4-5-7-13/h18H,4-8H2,1-3H3,(H2,14,15,16). The highest BCUT2D eigenvalue weighted by atomic mass is 16.3. The number of hydrogen-bond acceptors (Lipinski definition) is 5. The molecule has 0 unspecified atom stereocenters. The smallest absolute Gasteiger partial charge is 0.137 e. The Labute approximate surface area is 108 Å². The van der Waals surface area contributed by atoms with Crippen molar-refractivity contribution in [1.29, 1.82) is 0 Å². The summed E-state index contributed by atoms with van der Waals surface area (Å²) in [6.45, 7) is 4.35. The van der Waals surface area contributed by atoms with Gasteiger partial charge in [-0.2, -0.15) is 0 Å². The molecule has 5 nitrogen and oxygen atoms in total. The van der Waals surface area contributed by atoms with Gasteiger partial charge in [0.1, 0.15) is 17.5 Å². The summed E-state index contributed by atoms with van der Waals surface area (Å²) in [5.41, 5.74) is 6.16. The van der Waals surface area contributed by atoms with E-state index in [4.69, 9.17) is 5.73 Å². The molecule has 0 aliphatic heterocycles. The second kappa shape index (κ2) is 4.72. The molecule has 0 amide bonds. The van der Waals surface area contributed by atoms with Gasteiger partial charge < -0.3 is 15.7 Å². The summed E-state index contributed by atoms with van der Waals surface area (Å²) in [7, 11) is 1.95. The van der Waals surface area contributed by atoms with Gasteiger partial charge in [0.2, 0.25) is 0 Å². The number of aryl methyl sites for hydroxylation is 1. The first kappa shape index (κ1) is 13.1. The third-order valence-electron chi connectivity index (χ3n) is 3.70. The molecule has 0 saturated heterocycles. The Morgan fingerprint density at radius 1 is 1.28 bits per heavy atom. The van der Waals surface area contributed by atoms with Crippen LogP contribution >= 0.6 is 0 Å². The summed E-state index contributed by atoms with van der Waals surface area (Å²) in [5, 5.41) is 10.4. The first-order chi connectivity index (χ1) is 8.41. The van der Waals surface area contributed by atoms with Crippen LogP contribution in [-0.2, 0) is 0 Å². The van der Waals surface area contributed by atoms with Gasteiger partial charge in [0.15, 0.2) is 0 Å². The van der Waals surface area contributed by atoms with E-state index in [0.29, 0.717) is 18.2 Å². The van der Waals surface area contributed by atoms with Crippen LogP contribution in [0.25, 0.3) is 0 Å². The van der Waals surface area contributed by atoms with E-state index in [0.717, 1.165) is 37.1 Å². The van der Waals surface area contributed by atoms with Crippen LogP contribution < -0.4 is 10.6 Å². The van der Waals surface area contributed by atoms with E-state index < -0.39 is 5.60 Å². The van der Waals surface area contributed by atoms with Crippen molar-refractivity contribution in [3.63, 3.8) is 0 Å². The predicted molar refractivity (Wildman–Crippen MR) is 72.6 cm³/mol. The Bertz CT molecular complexity index is 441. The molecule has 1 aromatic rings. The van der Waals surface area contributed by atoms with Crippen LogP contribution in [0.3, 0.4) is 0 Å². The minimum Gasteiger partial charge on any atom is -0.388 e. The van der Waals surface area contributed by atoms with Crippen molar-refractivity contribution < 1.29 is 5.11 Å². The van der Waals surface area contributed by atoms with Crippen molar-refractivity contribution in [2.75, 3.05) is 24.2 Å². The summed E-state index contributed by atoms with van der Waals surface area (Å²) in [6, 6.07) is 0. The van der Waals surface area contributed by atoms with Crippen molar-refractivity contribution in [1.82, 2.24) is 9.97 Å². The van der Waals surface area contributed by atoms with Gasteiger partial charge in [-0.25, -0.2) is 9.97 Å². The van der Waals surface area contributed by atoms with Crippen molar-refractivity contribution in [2.24, 2.45) is 0 Å². The number of likely N-dealkylation sites (N-methyl/N-ethyl adjacent to an activating group) is 1. The number of nitrogens with two attached hydrogens (primary N) is 1. The van der Waals surface area contributed by atoms with Gasteiger partial charge in [0, 0.05) is 19.2 Å². The average molecular weight is 250 g/mol. The number of rotatable bonds is 3. The molecule has 18 heavy (non-hydrogen) atoms. The van der Waals surface area contributed by atoms with Crippen LogP contribution in [0.1, 0.15) is 37.1 Å². The highest BCUT2D eigenvalue weighted by molar-refractivity contribution is 5.56. The lowest BCUT2D eigenvalue weighted by molar-refractivity contribution is 0.0557. The normalized spacial score (nSPS) is 18.0. The zero-order chi connectivity index (χ0) is 13.3. The number of nitrogens with zero attached hydrogens (tertiary/aromatic N) is 3. The third kappa shape index (κ3) is 2.56. The summed E-state index contributed by atoms with van der Waals surface area (Å²) in [5.74, 6) is 2.00. The van der Waals surface area contributed by atoms with Crippen molar-refractivity contribution >= 4 is 11.6 Å². The average Bonchev–Trinajstić information content (AvgIpc) is 2.70. The van der Waals surface area contributed by atoms with Gasteiger partial charge in [0.25, 0.3) is 0 Å². The molecule has 0 aromatic carbocycles. The fourth-order valence-corrected chi connectivity index (χ4v) is 2.71. The van der Waals surface area contributed by atoms with E-state index in [9.17, 15) is 5.11 Å². The molecule has 5 heteroatoms. The first-order valence-corrected chi connectivity index (χ1v) is 6.45. The fraction of sp³-hybridized carbons (Fsp3) is 0.692. The molecule has 0 bridgehead atoms. The van der Waals surface area contributed by atoms with Crippen molar-refractivity contribution in [3.8, 4) is 0 Å². The second-order valence-corrected chi connectivity index (χ2v) is 5.39. The van der Waals surface area contributed by atoms with Crippen molar-refractivity contribution in [3.05, 3.63) is 11.4 Å². The highest BCUT2D eigenvalue weighted by Crippen LogP contribution is 2.31. The third-order valence-corrected chi connectivity index (χ3v) is 3.70. The lowest BCUT2D eigenvalue weighted by Gasteiger charge is -2.30. The van der Waals surface area contributed by atoms with Crippen LogP contribution in [-0.4, -0.2) is 34.3 Å². The lowest BCUT2D eigenvalue weighted by Crippen LogP contribution is -2.40. The molecule has 100 valence electrons. The van der Waals surface area contributed by atoms with Gasteiger partial charge in [-0.1, -0.05) is 12.8 Å². The van der Waals surface area contributed by atoms with Crippen LogP contribution in [0.5, 0.6) is 0 Å². The zero-order valence-electron chi connectivity index (χ0n) is 11.4. The Balaban J connectivity index is 2.20. The zero-order valence-corrected chi connectivity index (χ0v) is 11.4. The number of anilines is 2. The van der Waals surface area contributed by atoms with Crippen molar-refractivity contribution in [2.45, 2.75) is 45.1 Å². The van der Waals surface area contributed by atoms with E-state index >= 15 is 0 Å². The van der Waals surface area contributed by atoms with E-state index in [2.05, 4.69) is 9.97 Å². The van der Waals surface area contributed by atoms with Gasteiger partial charge in [-0.15, -0.1) is 0 Å². The quantitative estimate of drug-likeness (QED) is 0.848. The summed E-state index contributed by atoms with van der Waals surface area (Å²) in [6.07, 6.45) is 3.95. The van der Waals surface area contributed by atoms with E-state index in [1.54, 1.807) is 0 Å². The Morgan fingerprint density at radius 3 is 2.50 bits per heavy atom. The Hall–Kier alpha value is -1.36. The van der Waals surface area contributed by atoms with Gasteiger partial charge in [0.05, 0.1) is 5.60 Å². The molecular formula is C13H22N4O. The van der Waals surface area contributed by atoms with Crippen LogP contribution in [0.15, 0.2) is 0 Å². The van der Waals surface area contributed by atoms with E-state index in [-0.39, 0.29) is 0 Å². The fourth-order valence-electron chi connectivity index (χ4n) is 2.71. The minimum atomic E-state index is -0.575. The molecule has 1 aromatic heterocycles. The summed E-state index contributed by atoms with van der Waals surface area (Å²) in [4.78, 5) is 10.6. The molecular weight excluding hydrogens is 228 g/mol. The molecule has 3 N–H and O–H groups in total. The maximum Gasteiger partial charge on any atom is 0.137 e. The topological polar surface area (TPSA) is 75.3 Å². The van der Waals surface area contributed by atoms with Crippen LogP contribution in [0.4, 0.5) is 11.6 Å². The highest BCUT2D eigenvalue weighted by Gasteiger charge is 2.33. The number of nitrogen functional groups attached to an aromatic ring is 1. The summed E-state index contributed by atoms with van der Waals surface area (Å²) >= 11 is 0. The number of aromatic nitrogens is 2. The molecule has 1 fully saturated rings. The monoisotopic (exact) mass is 250 g/mol. The predicted octanol–water partition coefficient (Wildman–Crippen LogP) is 1.42. The number of hydrogen-bond donors (Lipinski definition) is 2. The van der Waals surface area contributed by atoms with Gasteiger partial charge in [-0.3, -0.25) is 0 Å². The lowest BCUT2D eigenvalue weighted by atomic mass is 10.0. The molecule has 2 rings (SSSR count). The molecule has 1 heterocycles. The maximum atomic E-state index is 10.4. The molecule has 0 radical (unpaired) electrons. The van der Waals surface area contributed by atoms with Crippen LogP contribution in [0, 0.1) is 13.8 Å². The van der Waals surface area contributed by atoms with E-state index in [1.165, 1.54) is 0 Å². The molecule has 1 saturated carbocycles. The Morgan fingerprint density at radius 2 is 1.89 bits per heavy atom. The number of aliphatic hydroxyl groups is 1.